The predicted octanol–water partition coefficient (Wildman–Crippen LogP) is 1.89. The van der Waals surface area contributed by atoms with Gasteiger partial charge < -0.3 is 9.64 Å². The van der Waals surface area contributed by atoms with E-state index in [1.165, 1.54) is 6.42 Å². The lowest BCUT2D eigenvalue weighted by molar-refractivity contribution is -0.133. The molecule has 1 amide bonds. The number of rotatable bonds is 5. The minimum absolute atomic E-state index is 0.186. The molecule has 0 unspecified atom stereocenters. The Morgan fingerprint density at radius 2 is 2.40 bits per heavy atom. The number of alkyl halides is 1. The third kappa shape index (κ3) is 4.39. The fourth-order valence-electron chi connectivity index (χ4n) is 1.95. The molecule has 0 spiro atoms. The van der Waals surface area contributed by atoms with Gasteiger partial charge in [-0.2, -0.15) is 0 Å². The van der Waals surface area contributed by atoms with Crippen molar-refractivity contribution in [3.8, 4) is 0 Å². The second-order valence-corrected chi connectivity index (χ2v) is 4.32. The molecule has 0 aromatic carbocycles. The van der Waals surface area contributed by atoms with E-state index in [0.717, 1.165) is 32.7 Å². The van der Waals surface area contributed by atoms with Crippen molar-refractivity contribution >= 4 is 17.5 Å². The Kier molecular flexibility index (Phi) is 6.03. The van der Waals surface area contributed by atoms with Gasteiger partial charge in [-0.15, -0.1) is 11.6 Å². The Labute approximate surface area is 96.7 Å². The van der Waals surface area contributed by atoms with Crippen LogP contribution in [0, 0.1) is 5.92 Å². The Hall–Kier alpha value is -0.280. The summed E-state index contributed by atoms with van der Waals surface area (Å²) in [6.45, 7) is 5.26. The molecule has 1 saturated heterocycles. The summed E-state index contributed by atoms with van der Waals surface area (Å²) in [6.07, 6.45) is 2.72. The van der Waals surface area contributed by atoms with E-state index in [0.29, 0.717) is 18.2 Å². The van der Waals surface area contributed by atoms with Crippen molar-refractivity contribution in [2.24, 2.45) is 5.92 Å². The number of halogens is 1. The van der Waals surface area contributed by atoms with Gasteiger partial charge in [0, 0.05) is 32.0 Å². The monoisotopic (exact) mass is 233 g/mol. The van der Waals surface area contributed by atoms with Crippen LogP contribution in [0.2, 0.25) is 0 Å². The smallest absolute Gasteiger partial charge is 0.223 e. The lowest BCUT2D eigenvalue weighted by atomic mass is 9.99. The number of hydrogen-bond donors (Lipinski definition) is 0. The standard InChI is InChI=1S/C11H20ClNO2/c1-2-15-9-10-4-3-7-13(8-10)11(14)5-6-12/h10H,2-9H2,1H3/t10-/m1/s1. The maximum atomic E-state index is 11.6. The lowest BCUT2D eigenvalue weighted by Gasteiger charge is -2.32. The fourth-order valence-corrected chi connectivity index (χ4v) is 2.11. The molecule has 3 nitrogen and oxygen atoms in total. The van der Waals surface area contributed by atoms with Crippen LogP contribution in [-0.4, -0.2) is 43.0 Å². The largest absolute Gasteiger partial charge is 0.381 e. The Morgan fingerprint density at radius 1 is 1.60 bits per heavy atom. The van der Waals surface area contributed by atoms with E-state index >= 15 is 0 Å². The Balaban J connectivity index is 2.31. The van der Waals surface area contributed by atoms with Gasteiger partial charge >= 0.3 is 0 Å². The molecular weight excluding hydrogens is 214 g/mol. The van der Waals surface area contributed by atoms with Crippen LogP contribution >= 0.6 is 11.6 Å². The topological polar surface area (TPSA) is 29.5 Å². The summed E-state index contributed by atoms with van der Waals surface area (Å²) in [7, 11) is 0. The minimum atomic E-state index is 0.186. The predicted molar refractivity (Wildman–Crippen MR) is 61.1 cm³/mol. The summed E-state index contributed by atoms with van der Waals surface area (Å²) in [6, 6.07) is 0. The van der Waals surface area contributed by atoms with Crippen molar-refractivity contribution in [2.45, 2.75) is 26.2 Å². The van der Waals surface area contributed by atoms with Gasteiger partial charge in [-0.3, -0.25) is 4.79 Å². The van der Waals surface area contributed by atoms with Crippen molar-refractivity contribution in [1.29, 1.82) is 0 Å². The van der Waals surface area contributed by atoms with Crippen molar-refractivity contribution in [3.05, 3.63) is 0 Å². The molecule has 15 heavy (non-hydrogen) atoms. The molecular formula is C11H20ClNO2. The number of carbonyl (C=O) groups excluding carboxylic acids is 1. The molecule has 1 fully saturated rings. The highest BCUT2D eigenvalue weighted by molar-refractivity contribution is 6.18. The first kappa shape index (κ1) is 12.8. The van der Waals surface area contributed by atoms with Crippen LogP contribution in [0.3, 0.4) is 0 Å². The molecule has 1 aliphatic rings. The molecule has 1 heterocycles. The molecule has 0 bridgehead atoms. The zero-order chi connectivity index (χ0) is 11.1. The van der Waals surface area contributed by atoms with Gasteiger partial charge in [-0.25, -0.2) is 0 Å². The van der Waals surface area contributed by atoms with Crippen LogP contribution in [0.25, 0.3) is 0 Å². The number of amides is 1. The van der Waals surface area contributed by atoms with Gasteiger partial charge in [-0.05, 0) is 25.7 Å². The Morgan fingerprint density at radius 3 is 3.07 bits per heavy atom. The highest BCUT2D eigenvalue weighted by Crippen LogP contribution is 2.17. The molecule has 1 rings (SSSR count). The average Bonchev–Trinajstić information content (AvgIpc) is 2.27. The molecule has 88 valence electrons. The van der Waals surface area contributed by atoms with Crippen molar-refractivity contribution in [2.75, 3.05) is 32.2 Å². The first-order valence-electron chi connectivity index (χ1n) is 5.69. The van der Waals surface area contributed by atoms with Crippen LogP contribution in [0.4, 0.5) is 0 Å². The zero-order valence-electron chi connectivity index (χ0n) is 9.38. The van der Waals surface area contributed by atoms with Gasteiger partial charge in [-0.1, -0.05) is 0 Å². The van der Waals surface area contributed by atoms with Crippen molar-refractivity contribution < 1.29 is 9.53 Å². The minimum Gasteiger partial charge on any atom is -0.381 e. The van der Waals surface area contributed by atoms with Crippen LogP contribution in [0.15, 0.2) is 0 Å². The molecule has 1 atom stereocenters. The summed E-state index contributed by atoms with van der Waals surface area (Å²) in [5.41, 5.74) is 0. The van der Waals surface area contributed by atoms with E-state index in [9.17, 15) is 4.79 Å². The van der Waals surface area contributed by atoms with Crippen LogP contribution in [0.1, 0.15) is 26.2 Å². The zero-order valence-corrected chi connectivity index (χ0v) is 10.1. The van der Waals surface area contributed by atoms with Crippen LogP contribution < -0.4 is 0 Å². The van der Waals surface area contributed by atoms with Gasteiger partial charge in [0.2, 0.25) is 5.91 Å². The maximum absolute atomic E-state index is 11.6. The van der Waals surface area contributed by atoms with Gasteiger partial charge in [0.1, 0.15) is 0 Å². The molecule has 0 N–H and O–H groups in total. The maximum Gasteiger partial charge on any atom is 0.223 e. The number of carbonyl (C=O) groups is 1. The summed E-state index contributed by atoms with van der Waals surface area (Å²) in [5.74, 6) is 1.12. The quantitative estimate of drug-likeness (QED) is 0.679. The third-order valence-electron chi connectivity index (χ3n) is 2.74. The second kappa shape index (κ2) is 7.07. The highest BCUT2D eigenvalue weighted by Gasteiger charge is 2.22. The average molecular weight is 234 g/mol. The summed E-state index contributed by atoms with van der Waals surface area (Å²) in [5, 5.41) is 0. The van der Waals surface area contributed by atoms with E-state index in [1.807, 2.05) is 11.8 Å². The fraction of sp³-hybridized carbons (Fsp3) is 0.909. The van der Waals surface area contributed by atoms with E-state index < -0.39 is 0 Å². The number of ether oxygens (including phenoxy) is 1. The van der Waals surface area contributed by atoms with Crippen molar-refractivity contribution in [3.63, 3.8) is 0 Å². The normalized spacial score (nSPS) is 21.7. The molecule has 4 heteroatoms. The third-order valence-corrected chi connectivity index (χ3v) is 2.93. The van der Waals surface area contributed by atoms with Crippen molar-refractivity contribution in [1.82, 2.24) is 4.90 Å². The van der Waals surface area contributed by atoms with Crippen LogP contribution in [0.5, 0.6) is 0 Å². The van der Waals surface area contributed by atoms with E-state index in [2.05, 4.69) is 0 Å². The lowest BCUT2D eigenvalue weighted by Crippen LogP contribution is -2.41. The molecule has 0 saturated carbocycles. The van der Waals surface area contributed by atoms with Gasteiger partial charge in [0.05, 0.1) is 6.61 Å². The second-order valence-electron chi connectivity index (χ2n) is 3.95. The molecule has 0 radical (unpaired) electrons. The van der Waals surface area contributed by atoms with Crippen LogP contribution in [-0.2, 0) is 9.53 Å². The summed E-state index contributed by atoms with van der Waals surface area (Å²) in [4.78, 5) is 13.5. The first-order chi connectivity index (χ1) is 7.27. The van der Waals surface area contributed by atoms with Gasteiger partial charge in [0.15, 0.2) is 0 Å². The molecule has 0 aromatic heterocycles. The van der Waals surface area contributed by atoms with E-state index in [1.54, 1.807) is 0 Å². The number of hydrogen-bond acceptors (Lipinski definition) is 2. The van der Waals surface area contributed by atoms with Gasteiger partial charge in [0.25, 0.3) is 0 Å². The van der Waals surface area contributed by atoms with E-state index in [4.69, 9.17) is 16.3 Å². The first-order valence-corrected chi connectivity index (χ1v) is 6.22. The SMILES string of the molecule is CCOC[C@@H]1CCCN(C(=O)CCCl)C1. The van der Waals surface area contributed by atoms with E-state index in [-0.39, 0.29) is 5.91 Å². The highest BCUT2D eigenvalue weighted by atomic mass is 35.5. The molecule has 0 aliphatic carbocycles. The molecule has 0 aromatic rings. The number of piperidine rings is 1. The Bertz CT molecular complexity index is 199. The summed E-state index contributed by atoms with van der Waals surface area (Å²) < 4.78 is 5.40. The summed E-state index contributed by atoms with van der Waals surface area (Å²) >= 11 is 5.56. The number of likely N-dealkylation sites (tertiary alicyclic amines) is 1. The molecule has 1 aliphatic heterocycles. The number of nitrogens with zero attached hydrogens (tertiary/aromatic N) is 1.